The molecule has 2 aromatic carbocycles. The Labute approximate surface area is 145 Å². The van der Waals surface area contributed by atoms with Gasteiger partial charge < -0.3 is 14.2 Å². The van der Waals surface area contributed by atoms with E-state index in [1.807, 2.05) is 0 Å². The fourth-order valence-electron chi connectivity index (χ4n) is 3.22. The van der Waals surface area contributed by atoms with Crippen LogP contribution in [0.1, 0.15) is 17.9 Å². The third-order valence-corrected chi connectivity index (χ3v) is 5.91. The number of hydrogen-bond donors (Lipinski definition) is 1. The molecule has 0 amide bonds. The van der Waals surface area contributed by atoms with Crippen molar-refractivity contribution < 1.29 is 17.3 Å². The van der Waals surface area contributed by atoms with Crippen LogP contribution in [0.2, 0.25) is 5.02 Å². The summed E-state index contributed by atoms with van der Waals surface area (Å²) in [5.74, 6) is 1.39. The van der Waals surface area contributed by atoms with Crippen LogP contribution in [0, 0.1) is 0 Å². The lowest BCUT2D eigenvalue weighted by molar-refractivity contribution is 0.177. The van der Waals surface area contributed by atoms with Crippen molar-refractivity contribution in [1.82, 2.24) is 5.32 Å². The maximum atomic E-state index is 12.4. The highest BCUT2D eigenvalue weighted by atomic mass is 35.5. The van der Waals surface area contributed by atoms with E-state index in [1.165, 1.54) is 24.3 Å². The van der Waals surface area contributed by atoms with Crippen molar-refractivity contribution in [2.75, 3.05) is 13.1 Å². The van der Waals surface area contributed by atoms with E-state index in [0.717, 1.165) is 30.8 Å². The fraction of sp³-hybridized carbons (Fsp3) is 0.294. The smallest absolute Gasteiger partial charge is 0.339 e. The summed E-state index contributed by atoms with van der Waals surface area (Å²) in [6, 6.07) is 11.1. The highest BCUT2D eigenvalue weighted by Gasteiger charge is 2.36. The molecule has 2 unspecified atom stereocenters. The monoisotopic (exact) mass is 365 g/mol. The Morgan fingerprint density at radius 1 is 1.17 bits per heavy atom. The van der Waals surface area contributed by atoms with Gasteiger partial charge in [-0.1, -0.05) is 11.6 Å². The number of nitrogens with one attached hydrogen (secondary N) is 1. The van der Waals surface area contributed by atoms with Crippen molar-refractivity contribution in [2.45, 2.75) is 23.3 Å². The summed E-state index contributed by atoms with van der Waals surface area (Å²) in [7, 11) is -3.89. The minimum absolute atomic E-state index is 0.0726. The van der Waals surface area contributed by atoms with Gasteiger partial charge in [0.25, 0.3) is 0 Å². The molecule has 7 heteroatoms. The largest absolute Gasteiger partial charge is 0.488 e. The van der Waals surface area contributed by atoms with E-state index < -0.39 is 10.1 Å². The topological polar surface area (TPSA) is 64.6 Å². The Morgan fingerprint density at radius 3 is 2.75 bits per heavy atom. The molecule has 5 nitrogen and oxygen atoms in total. The second-order valence-electron chi connectivity index (χ2n) is 5.95. The van der Waals surface area contributed by atoms with E-state index in [4.69, 9.17) is 20.5 Å². The molecule has 2 aliphatic rings. The Bertz CT molecular complexity index is 867. The summed E-state index contributed by atoms with van der Waals surface area (Å²) in [6.45, 7) is 1.73. The normalized spacial score (nSPS) is 22.4. The molecular formula is C17H16ClNO4S. The molecule has 2 heterocycles. The average Bonchev–Trinajstić information content (AvgIpc) is 2.93. The third-order valence-electron chi connectivity index (χ3n) is 4.39. The summed E-state index contributed by atoms with van der Waals surface area (Å²) in [4.78, 5) is 0.0726. The van der Waals surface area contributed by atoms with Crippen LogP contribution in [0.3, 0.4) is 0 Å². The van der Waals surface area contributed by atoms with Gasteiger partial charge in [0.05, 0.1) is 0 Å². The molecule has 0 bridgehead atoms. The van der Waals surface area contributed by atoms with Crippen molar-refractivity contribution >= 4 is 21.7 Å². The molecule has 0 aliphatic carbocycles. The summed E-state index contributed by atoms with van der Waals surface area (Å²) in [5.41, 5.74) is 1.02. The molecule has 2 atom stereocenters. The molecule has 126 valence electrons. The lowest BCUT2D eigenvalue weighted by Crippen LogP contribution is -2.39. The van der Waals surface area contributed by atoms with Gasteiger partial charge in [-0.05, 0) is 55.4 Å². The number of halogens is 1. The molecule has 0 aromatic heterocycles. The van der Waals surface area contributed by atoms with Crippen LogP contribution in [-0.4, -0.2) is 27.6 Å². The number of benzene rings is 2. The molecule has 2 aliphatic heterocycles. The molecule has 4 rings (SSSR count). The quantitative estimate of drug-likeness (QED) is 0.847. The summed E-state index contributed by atoms with van der Waals surface area (Å²) >= 11 is 5.80. The van der Waals surface area contributed by atoms with Crippen LogP contribution in [0.25, 0.3) is 0 Å². The summed E-state index contributed by atoms with van der Waals surface area (Å²) in [5, 5.41) is 3.78. The molecular weight excluding hydrogens is 350 g/mol. The highest BCUT2D eigenvalue weighted by molar-refractivity contribution is 7.87. The van der Waals surface area contributed by atoms with Crippen molar-refractivity contribution in [2.24, 2.45) is 0 Å². The predicted octanol–water partition coefficient (Wildman–Crippen LogP) is 2.95. The molecule has 0 radical (unpaired) electrons. The maximum absolute atomic E-state index is 12.4. The van der Waals surface area contributed by atoms with Crippen molar-refractivity contribution in [1.29, 1.82) is 0 Å². The number of ether oxygens (including phenoxy) is 1. The minimum Gasteiger partial charge on any atom is -0.488 e. The highest BCUT2D eigenvalue weighted by Crippen LogP contribution is 2.43. The first-order valence-electron chi connectivity index (χ1n) is 7.74. The van der Waals surface area contributed by atoms with Gasteiger partial charge in [-0.3, -0.25) is 0 Å². The lowest BCUT2D eigenvalue weighted by atomic mass is 9.90. The third kappa shape index (κ3) is 2.85. The number of rotatable bonds is 3. The Hall–Kier alpha value is -1.76. The number of hydrogen-bond acceptors (Lipinski definition) is 5. The first-order chi connectivity index (χ1) is 11.5. The summed E-state index contributed by atoms with van der Waals surface area (Å²) < 4.78 is 36.0. The molecule has 0 spiro atoms. The zero-order chi connectivity index (χ0) is 16.7. The van der Waals surface area contributed by atoms with Crippen molar-refractivity contribution in [3.05, 3.63) is 53.1 Å². The van der Waals surface area contributed by atoms with Crippen LogP contribution in [0.5, 0.6) is 11.5 Å². The van der Waals surface area contributed by atoms with E-state index in [0.29, 0.717) is 10.8 Å². The average molecular weight is 366 g/mol. The molecule has 24 heavy (non-hydrogen) atoms. The lowest BCUT2D eigenvalue weighted by Gasteiger charge is -2.24. The van der Waals surface area contributed by atoms with Gasteiger partial charge in [0.2, 0.25) is 0 Å². The van der Waals surface area contributed by atoms with Gasteiger partial charge in [0, 0.05) is 23.0 Å². The van der Waals surface area contributed by atoms with Crippen LogP contribution in [0.15, 0.2) is 47.4 Å². The van der Waals surface area contributed by atoms with E-state index in [-0.39, 0.29) is 16.9 Å². The van der Waals surface area contributed by atoms with Gasteiger partial charge in [-0.2, -0.15) is 8.42 Å². The van der Waals surface area contributed by atoms with E-state index in [9.17, 15) is 8.42 Å². The first-order valence-corrected chi connectivity index (χ1v) is 9.53. The van der Waals surface area contributed by atoms with Crippen molar-refractivity contribution in [3.8, 4) is 11.5 Å². The van der Waals surface area contributed by atoms with Gasteiger partial charge in [-0.15, -0.1) is 0 Å². The van der Waals surface area contributed by atoms with Crippen LogP contribution >= 0.6 is 11.6 Å². The standard InChI is InChI=1S/C17H16ClNO4S/c18-11-1-4-13(5-2-11)24(20,21)23-12-3-6-16-15(9-12)14-7-8-19-10-17(14)22-16/h1-6,9,14,17,19H,7-8,10H2. The predicted molar refractivity (Wildman–Crippen MR) is 90.4 cm³/mol. The minimum atomic E-state index is -3.89. The Morgan fingerprint density at radius 2 is 1.96 bits per heavy atom. The zero-order valence-electron chi connectivity index (χ0n) is 12.7. The Kier molecular flexibility index (Phi) is 3.90. The second-order valence-corrected chi connectivity index (χ2v) is 7.93. The van der Waals surface area contributed by atoms with E-state index >= 15 is 0 Å². The fourth-order valence-corrected chi connectivity index (χ4v) is 4.27. The first kappa shape index (κ1) is 15.7. The molecule has 1 N–H and O–H groups in total. The number of piperidine rings is 1. The van der Waals surface area contributed by atoms with Crippen molar-refractivity contribution in [3.63, 3.8) is 0 Å². The van der Waals surface area contributed by atoms with E-state index in [1.54, 1.807) is 18.2 Å². The molecule has 1 fully saturated rings. The number of fused-ring (bicyclic) bond motifs is 3. The van der Waals surface area contributed by atoms with Gasteiger partial charge in [-0.25, -0.2) is 0 Å². The molecule has 1 saturated heterocycles. The maximum Gasteiger partial charge on any atom is 0.339 e. The zero-order valence-corrected chi connectivity index (χ0v) is 14.3. The van der Waals surface area contributed by atoms with Gasteiger partial charge in [0.15, 0.2) is 0 Å². The SMILES string of the molecule is O=S(=O)(Oc1ccc2c(c1)C1CCNCC1O2)c1ccc(Cl)cc1. The van der Waals surface area contributed by atoms with Crippen LogP contribution in [0.4, 0.5) is 0 Å². The van der Waals surface area contributed by atoms with Crippen LogP contribution in [-0.2, 0) is 10.1 Å². The summed E-state index contributed by atoms with van der Waals surface area (Å²) in [6.07, 6.45) is 1.07. The van der Waals surface area contributed by atoms with Gasteiger partial charge in [0.1, 0.15) is 22.5 Å². The van der Waals surface area contributed by atoms with E-state index in [2.05, 4.69) is 5.32 Å². The second kappa shape index (κ2) is 5.95. The molecule has 0 saturated carbocycles. The molecule has 2 aromatic rings. The van der Waals surface area contributed by atoms with Crippen LogP contribution < -0.4 is 14.2 Å². The van der Waals surface area contributed by atoms with Gasteiger partial charge >= 0.3 is 10.1 Å². The Balaban J connectivity index is 1.61.